The standard InChI is InChI=1S/C13H15FN3O4P/c1-20-22(19,21-2)12(9-3-5-10(14)6-4-9)16-11-7-8-15-13(18)17-11/h3-8,12H,1-2H3,(H2,15,16,17,18). The molecule has 22 heavy (non-hydrogen) atoms. The molecule has 1 heterocycles. The van der Waals surface area contributed by atoms with Gasteiger partial charge in [0.2, 0.25) is 0 Å². The fourth-order valence-corrected chi connectivity index (χ4v) is 3.28. The van der Waals surface area contributed by atoms with Gasteiger partial charge in [-0.25, -0.2) is 14.2 Å². The second-order valence-electron chi connectivity index (χ2n) is 4.29. The van der Waals surface area contributed by atoms with Gasteiger partial charge in [0, 0.05) is 20.4 Å². The van der Waals surface area contributed by atoms with E-state index in [-0.39, 0.29) is 5.82 Å². The van der Waals surface area contributed by atoms with E-state index in [2.05, 4.69) is 15.3 Å². The van der Waals surface area contributed by atoms with E-state index in [0.717, 1.165) is 0 Å². The monoisotopic (exact) mass is 327 g/mol. The third-order valence-corrected chi connectivity index (χ3v) is 5.06. The van der Waals surface area contributed by atoms with Crippen molar-refractivity contribution in [1.82, 2.24) is 9.97 Å². The van der Waals surface area contributed by atoms with E-state index < -0.39 is 24.9 Å². The minimum Gasteiger partial charge on any atom is -0.354 e. The average molecular weight is 327 g/mol. The van der Waals surface area contributed by atoms with Crippen LogP contribution in [0, 0.1) is 5.82 Å². The van der Waals surface area contributed by atoms with Crippen LogP contribution in [0.25, 0.3) is 0 Å². The Balaban J connectivity index is 2.43. The van der Waals surface area contributed by atoms with Gasteiger partial charge in [0.1, 0.15) is 11.6 Å². The first-order chi connectivity index (χ1) is 10.5. The van der Waals surface area contributed by atoms with Gasteiger partial charge in [-0.2, -0.15) is 0 Å². The highest BCUT2D eigenvalue weighted by molar-refractivity contribution is 7.54. The second-order valence-corrected chi connectivity index (χ2v) is 6.62. The predicted octanol–water partition coefficient (Wildman–Crippen LogP) is 2.51. The Bertz CT molecular complexity index is 727. The predicted molar refractivity (Wildman–Crippen MR) is 79.2 cm³/mol. The lowest BCUT2D eigenvalue weighted by atomic mass is 10.2. The molecule has 0 aliphatic carbocycles. The lowest BCUT2D eigenvalue weighted by Gasteiger charge is -2.26. The summed E-state index contributed by atoms with van der Waals surface area (Å²) in [4.78, 5) is 17.2. The topological polar surface area (TPSA) is 93.3 Å². The summed E-state index contributed by atoms with van der Waals surface area (Å²) in [6.07, 6.45) is 1.30. The van der Waals surface area contributed by atoms with Gasteiger partial charge in [0.05, 0.1) is 0 Å². The molecule has 1 aromatic heterocycles. The van der Waals surface area contributed by atoms with Crippen LogP contribution in [0.5, 0.6) is 0 Å². The number of H-pyrrole nitrogens is 1. The van der Waals surface area contributed by atoms with E-state index >= 15 is 0 Å². The third-order valence-electron chi connectivity index (χ3n) is 2.98. The Morgan fingerprint density at radius 2 is 1.86 bits per heavy atom. The van der Waals surface area contributed by atoms with Gasteiger partial charge < -0.3 is 14.4 Å². The first kappa shape index (κ1) is 16.4. The van der Waals surface area contributed by atoms with E-state index in [0.29, 0.717) is 5.56 Å². The number of hydrogen-bond donors (Lipinski definition) is 2. The van der Waals surface area contributed by atoms with Crippen LogP contribution >= 0.6 is 7.60 Å². The number of rotatable bonds is 6. The quantitative estimate of drug-likeness (QED) is 0.792. The lowest BCUT2D eigenvalue weighted by molar-refractivity contribution is 0.268. The van der Waals surface area contributed by atoms with E-state index in [1.807, 2.05) is 0 Å². The number of hydrogen-bond acceptors (Lipinski definition) is 6. The van der Waals surface area contributed by atoms with Crippen molar-refractivity contribution in [3.05, 3.63) is 58.4 Å². The number of halogens is 1. The van der Waals surface area contributed by atoms with Crippen LogP contribution in [-0.2, 0) is 13.6 Å². The first-order valence-electron chi connectivity index (χ1n) is 6.27. The number of aromatic amines is 1. The maximum absolute atomic E-state index is 13.1. The molecule has 0 saturated carbocycles. The van der Waals surface area contributed by atoms with Crippen LogP contribution in [-0.4, -0.2) is 24.2 Å². The van der Waals surface area contributed by atoms with Gasteiger partial charge >= 0.3 is 13.3 Å². The molecule has 7 nitrogen and oxygen atoms in total. The maximum Gasteiger partial charge on any atom is 0.356 e. The summed E-state index contributed by atoms with van der Waals surface area (Å²) in [5, 5.41) is 2.87. The Morgan fingerprint density at radius 1 is 1.23 bits per heavy atom. The van der Waals surface area contributed by atoms with Crippen LogP contribution in [0.15, 0.2) is 41.3 Å². The molecule has 2 rings (SSSR count). The molecule has 0 aliphatic rings. The van der Waals surface area contributed by atoms with Gasteiger partial charge in [-0.15, -0.1) is 0 Å². The van der Waals surface area contributed by atoms with Crippen molar-refractivity contribution < 1.29 is 18.0 Å². The molecule has 0 saturated heterocycles. The average Bonchev–Trinajstić information content (AvgIpc) is 2.53. The fraction of sp³-hybridized carbons (Fsp3) is 0.231. The number of anilines is 1. The van der Waals surface area contributed by atoms with Crippen molar-refractivity contribution in [3.8, 4) is 0 Å². The number of benzene rings is 1. The van der Waals surface area contributed by atoms with Crippen LogP contribution in [0.4, 0.5) is 10.2 Å². The minimum absolute atomic E-state index is 0.281. The van der Waals surface area contributed by atoms with E-state index in [9.17, 15) is 13.8 Å². The van der Waals surface area contributed by atoms with Gasteiger partial charge in [0.15, 0.2) is 5.78 Å². The summed E-state index contributed by atoms with van der Waals surface area (Å²) >= 11 is 0. The van der Waals surface area contributed by atoms with Gasteiger partial charge in [-0.05, 0) is 23.8 Å². The molecule has 2 N–H and O–H groups in total. The summed E-state index contributed by atoms with van der Waals surface area (Å²) in [6, 6.07) is 6.87. The molecule has 1 atom stereocenters. The second kappa shape index (κ2) is 6.83. The SMILES string of the molecule is COP(=O)(OC)C(Nc1ccnc(=O)[nH]1)c1ccc(F)cc1. The molecule has 0 spiro atoms. The maximum atomic E-state index is 13.1. The molecular formula is C13H15FN3O4P. The largest absolute Gasteiger partial charge is 0.356 e. The van der Waals surface area contributed by atoms with Crippen molar-refractivity contribution in [2.75, 3.05) is 19.5 Å². The summed E-state index contributed by atoms with van der Waals surface area (Å²) in [5.74, 6) is -1.07. The normalized spacial score (nSPS) is 12.9. The van der Waals surface area contributed by atoms with Gasteiger partial charge in [-0.3, -0.25) is 9.55 Å². The van der Waals surface area contributed by atoms with Crippen molar-refractivity contribution in [2.45, 2.75) is 5.78 Å². The molecule has 0 fully saturated rings. The van der Waals surface area contributed by atoms with Crippen LogP contribution < -0.4 is 11.0 Å². The van der Waals surface area contributed by atoms with E-state index in [4.69, 9.17) is 9.05 Å². The fourth-order valence-electron chi connectivity index (χ4n) is 1.88. The van der Waals surface area contributed by atoms with Crippen molar-refractivity contribution in [2.24, 2.45) is 0 Å². The summed E-state index contributed by atoms with van der Waals surface area (Å²) in [5.41, 5.74) is -0.0846. The number of aromatic nitrogens is 2. The van der Waals surface area contributed by atoms with Crippen molar-refractivity contribution in [3.63, 3.8) is 0 Å². The first-order valence-corrected chi connectivity index (χ1v) is 7.88. The van der Waals surface area contributed by atoms with Gasteiger partial charge in [0.25, 0.3) is 0 Å². The number of nitrogens with zero attached hydrogens (tertiary/aromatic N) is 1. The third kappa shape index (κ3) is 3.59. The number of nitrogens with one attached hydrogen (secondary N) is 2. The van der Waals surface area contributed by atoms with Crippen LogP contribution in [0.2, 0.25) is 0 Å². The lowest BCUT2D eigenvalue weighted by Crippen LogP contribution is -2.18. The smallest absolute Gasteiger partial charge is 0.354 e. The Labute approximate surface area is 126 Å². The molecule has 0 aliphatic heterocycles. The molecule has 2 aromatic rings. The van der Waals surface area contributed by atoms with Gasteiger partial charge in [-0.1, -0.05) is 12.1 Å². The molecule has 0 radical (unpaired) electrons. The Morgan fingerprint density at radius 3 is 2.41 bits per heavy atom. The molecule has 1 aromatic carbocycles. The minimum atomic E-state index is -3.58. The summed E-state index contributed by atoms with van der Waals surface area (Å²) in [7, 11) is -1.09. The zero-order valence-corrected chi connectivity index (χ0v) is 12.8. The Kier molecular flexibility index (Phi) is 5.07. The van der Waals surface area contributed by atoms with Crippen molar-refractivity contribution in [1.29, 1.82) is 0 Å². The van der Waals surface area contributed by atoms with Crippen LogP contribution in [0.3, 0.4) is 0 Å². The summed E-state index contributed by atoms with van der Waals surface area (Å²) < 4.78 is 35.8. The molecule has 1 unspecified atom stereocenters. The zero-order valence-electron chi connectivity index (χ0n) is 11.9. The zero-order chi connectivity index (χ0) is 16.2. The Hall–Kier alpha value is -2.02. The molecule has 0 bridgehead atoms. The molecular weight excluding hydrogens is 312 g/mol. The molecule has 9 heteroatoms. The highest BCUT2D eigenvalue weighted by Crippen LogP contribution is 2.59. The molecule has 118 valence electrons. The van der Waals surface area contributed by atoms with Crippen molar-refractivity contribution >= 4 is 13.4 Å². The van der Waals surface area contributed by atoms with E-state index in [1.165, 1.54) is 50.7 Å². The van der Waals surface area contributed by atoms with E-state index in [1.54, 1.807) is 0 Å². The molecule has 0 amide bonds. The highest BCUT2D eigenvalue weighted by atomic mass is 31.2. The van der Waals surface area contributed by atoms with Crippen LogP contribution in [0.1, 0.15) is 11.3 Å². The summed E-state index contributed by atoms with van der Waals surface area (Å²) in [6.45, 7) is 0. The highest BCUT2D eigenvalue weighted by Gasteiger charge is 2.35.